The highest BCUT2D eigenvalue weighted by atomic mass is 35.5. The quantitative estimate of drug-likeness (QED) is 0.632. The molecule has 0 radical (unpaired) electrons. The third kappa shape index (κ3) is 3.30. The van der Waals surface area contributed by atoms with Crippen LogP contribution in [0.25, 0.3) is 0 Å². The number of benzene rings is 1. The van der Waals surface area contributed by atoms with Crippen LogP contribution >= 0.6 is 34.5 Å². The van der Waals surface area contributed by atoms with Crippen LogP contribution in [0, 0.1) is 17.2 Å². The summed E-state index contributed by atoms with van der Waals surface area (Å²) in [7, 11) is 1.55. The van der Waals surface area contributed by atoms with Crippen LogP contribution in [0.1, 0.15) is 34.9 Å². The Morgan fingerprint density at radius 2 is 2.21 bits per heavy atom. The lowest BCUT2D eigenvalue weighted by Crippen LogP contribution is -2.09. The summed E-state index contributed by atoms with van der Waals surface area (Å²) in [6, 6.07) is 5.70. The molecule has 1 atom stereocenters. The SMILES string of the molecule is COc1c(Cl)cc(Cl)cc1C=Nc1sc2c(c1C#N)CC[C@H](C)C2. The first kappa shape index (κ1) is 17.3. The van der Waals surface area contributed by atoms with Gasteiger partial charge >= 0.3 is 0 Å². The van der Waals surface area contributed by atoms with E-state index < -0.39 is 0 Å². The van der Waals surface area contributed by atoms with E-state index in [1.54, 1.807) is 36.8 Å². The van der Waals surface area contributed by atoms with Crippen LogP contribution in [0.5, 0.6) is 5.75 Å². The van der Waals surface area contributed by atoms with Crippen LogP contribution in [0.3, 0.4) is 0 Å². The molecule has 0 unspecified atom stereocenters. The monoisotopic (exact) mass is 378 g/mol. The molecule has 3 nitrogen and oxygen atoms in total. The number of halogens is 2. The third-order valence-electron chi connectivity index (χ3n) is 4.17. The van der Waals surface area contributed by atoms with Gasteiger partial charge in [-0.2, -0.15) is 5.26 Å². The van der Waals surface area contributed by atoms with Gasteiger partial charge in [-0.15, -0.1) is 11.3 Å². The predicted molar refractivity (Wildman–Crippen MR) is 100 cm³/mol. The van der Waals surface area contributed by atoms with Gasteiger partial charge in [-0.25, -0.2) is 4.99 Å². The zero-order valence-electron chi connectivity index (χ0n) is 13.4. The topological polar surface area (TPSA) is 45.4 Å². The number of ether oxygens (including phenoxy) is 1. The van der Waals surface area contributed by atoms with E-state index in [9.17, 15) is 5.26 Å². The summed E-state index contributed by atoms with van der Waals surface area (Å²) in [5.41, 5.74) is 2.56. The van der Waals surface area contributed by atoms with Crippen molar-refractivity contribution in [3.63, 3.8) is 0 Å². The molecule has 1 aromatic carbocycles. The number of rotatable bonds is 3. The van der Waals surface area contributed by atoms with E-state index >= 15 is 0 Å². The molecule has 1 aromatic heterocycles. The highest BCUT2D eigenvalue weighted by molar-refractivity contribution is 7.16. The fraction of sp³-hybridized carbons (Fsp3) is 0.333. The predicted octanol–water partition coefficient (Wildman–Crippen LogP) is 5.81. The first-order valence-corrected chi connectivity index (χ1v) is 9.22. The number of fused-ring (bicyclic) bond motifs is 1. The second kappa shape index (κ2) is 7.14. The molecule has 124 valence electrons. The lowest BCUT2D eigenvalue weighted by atomic mass is 9.89. The van der Waals surface area contributed by atoms with Crippen LogP contribution in [-0.4, -0.2) is 13.3 Å². The van der Waals surface area contributed by atoms with Gasteiger partial charge in [-0.1, -0.05) is 30.1 Å². The summed E-state index contributed by atoms with van der Waals surface area (Å²) in [6.45, 7) is 2.25. The number of nitriles is 1. The van der Waals surface area contributed by atoms with E-state index in [4.69, 9.17) is 27.9 Å². The zero-order chi connectivity index (χ0) is 17.3. The molecule has 0 saturated heterocycles. The molecule has 6 heteroatoms. The zero-order valence-corrected chi connectivity index (χ0v) is 15.7. The minimum atomic E-state index is 0.436. The van der Waals surface area contributed by atoms with Crippen LogP contribution < -0.4 is 4.74 Å². The average Bonchev–Trinajstić information content (AvgIpc) is 2.88. The molecule has 1 aliphatic rings. The summed E-state index contributed by atoms with van der Waals surface area (Å²) >= 11 is 13.8. The van der Waals surface area contributed by atoms with Gasteiger partial charge in [0.2, 0.25) is 0 Å². The highest BCUT2D eigenvalue weighted by Crippen LogP contribution is 2.41. The Morgan fingerprint density at radius 3 is 2.92 bits per heavy atom. The van der Waals surface area contributed by atoms with Gasteiger partial charge in [-0.3, -0.25) is 0 Å². The fourth-order valence-corrected chi connectivity index (χ4v) is 4.85. The number of aliphatic imine (C=N–C) groups is 1. The Hall–Kier alpha value is -1.54. The van der Waals surface area contributed by atoms with Gasteiger partial charge < -0.3 is 4.74 Å². The maximum Gasteiger partial charge on any atom is 0.146 e. The van der Waals surface area contributed by atoms with Gasteiger partial charge in [0, 0.05) is 21.7 Å². The van der Waals surface area contributed by atoms with E-state index in [-0.39, 0.29) is 0 Å². The maximum atomic E-state index is 9.53. The van der Waals surface area contributed by atoms with Crippen molar-refractivity contribution in [2.45, 2.75) is 26.2 Å². The standard InChI is InChI=1S/C18H16Cl2N2OS/c1-10-3-4-13-14(8-21)18(24-16(13)5-10)22-9-11-6-12(19)7-15(20)17(11)23-2/h6-7,9-10H,3-5H2,1-2H3/t10-/m0/s1. The Labute approximate surface area is 155 Å². The Bertz CT molecular complexity index is 852. The van der Waals surface area contributed by atoms with E-state index in [1.807, 2.05) is 0 Å². The molecule has 0 bridgehead atoms. The number of hydrogen-bond acceptors (Lipinski definition) is 4. The van der Waals surface area contributed by atoms with Gasteiger partial charge in [-0.05, 0) is 42.9 Å². The molecular formula is C18H16Cl2N2OS. The van der Waals surface area contributed by atoms with E-state index in [0.717, 1.165) is 24.3 Å². The summed E-state index contributed by atoms with van der Waals surface area (Å²) in [5.74, 6) is 1.18. The average molecular weight is 379 g/mol. The number of nitrogens with zero attached hydrogens (tertiary/aromatic N) is 2. The van der Waals surface area contributed by atoms with Crippen molar-refractivity contribution in [1.82, 2.24) is 0 Å². The molecular weight excluding hydrogens is 363 g/mol. The number of hydrogen-bond donors (Lipinski definition) is 0. The summed E-state index contributed by atoms with van der Waals surface area (Å²) in [4.78, 5) is 5.83. The summed E-state index contributed by atoms with van der Waals surface area (Å²) in [6.07, 6.45) is 4.77. The number of methoxy groups -OCH3 is 1. The van der Waals surface area contributed by atoms with Crippen molar-refractivity contribution >= 4 is 45.8 Å². The molecule has 2 aromatic rings. The molecule has 0 spiro atoms. The first-order chi connectivity index (χ1) is 11.5. The van der Waals surface area contributed by atoms with Crippen molar-refractivity contribution in [3.05, 3.63) is 43.7 Å². The smallest absolute Gasteiger partial charge is 0.146 e. The molecule has 1 heterocycles. The van der Waals surface area contributed by atoms with Gasteiger partial charge in [0.1, 0.15) is 16.8 Å². The van der Waals surface area contributed by atoms with E-state index in [1.165, 1.54) is 10.4 Å². The van der Waals surface area contributed by atoms with Gasteiger partial charge in [0.25, 0.3) is 0 Å². The molecule has 3 rings (SSSR count). The normalized spacial score (nSPS) is 16.9. The Kier molecular flexibility index (Phi) is 5.15. The highest BCUT2D eigenvalue weighted by Gasteiger charge is 2.23. The van der Waals surface area contributed by atoms with Crippen molar-refractivity contribution in [3.8, 4) is 11.8 Å². The summed E-state index contributed by atoms with van der Waals surface area (Å²) in [5, 5.41) is 11.2. The van der Waals surface area contributed by atoms with Crippen molar-refractivity contribution in [1.29, 1.82) is 5.26 Å². The minimum absolute atomic E-state index is 0.436. The summed E-state index contributed by atoms with van der Waals surface area (Å²) < 4.78 is 5.33. The maximum absolute atomic E-state index is 9.53. The molecule has 24 heavy (non-hydrogen) atoms. The number of thiophene rings is 1. The van der Waals surface area contributed by atoms with E-state index in [2.05, 4.69) is 18.0 Å². The molecule has 0 fully saturated rings. The minimum Gasteiger partial charge on any atom is -0.495 e. The molecule has 0 aliphatic heterocycles. The van der Waals surface area contributed by atoms with Crippen LogP contribution in [-0.2, 0) is 12.8 Å². The first-order valence-electron chi connectivity index (χ1n) is 7.65. The lowest BCUT2D eigenvalue weighted by molar-refractivity contribution is 0.414. The van der Waals surface area contributed by atoms with Crippen molar-refractivity contribution in [2.24, 2.45) is 10.9 Å². The van der Waals surface area contributed by atoms with Crippen LogP contribution in [0.2, 0.25) is 10.0 Å². The van der Waals surface area contributed by atoms with Crippen LogP contribution in [0.4, 0.5) is 5.00 Å². The van der Waals surface area contributed by atoms with Crippen LogP contribution in [0.15, 0.2) is 17.1 Å². The van der Waals surface area contributed by atoms with Gasteiger partial charge in [0.05, 0.1) is 17.7 Å². The van der Waals surface area contributed by atoms with E-state index in [0.29, 0.717) is 32.8 Å². The van der Waals surface area contributed by atoms with Gasteiger partial charge in [0.15, 0.2) is 0 Å². The molecule has 0 saturated carbocycles. The Balaban J connectivity index is 2.01. The molecule has 0 amide bonds. The third-order valence-corrected chi connectivity index (χ3v) is 5.83. The fourth-order valence-electron chi connectivity index (χ4n) is 2.96. The van der Waals surface area contributed by atoms with Crippen molar-refractivity contribution < 1.29 is 4.74 Å². The molecule has 1 aliphatic carbocycles. The second-order valence-electron chi connectivity index (χ2n) is 5.91. The lowest BCUT2D eigenvalue weighted by Gasteiger charge is -2.17. The second-order valence-corrected chi connectivity index (χ2v) is 7.84. The molecule has 0 N–H and O–H groups in total. The van der Waals surface area contributed by atoms with Crippen molar-refractivity contribution in [2.75, 3.05) is 7.11 Å². The largest absolute Gasteiger partial charge is 0.495 e. The Morgan fingerprint density at radius 1 is 1.42 bits per heavy atom.